The lowest BCUT2D eigenvalue weighted by Gasteiger charge is -2.12. The average molecular weight is 363 g/mol. The molecule has 0 aliphatic rings. The van der Waals surface area contributed by atoms with Crippen molar-refractivity contribution in [3.63, 3.8) is 0 Å². The van der Waals surface area contributed by atoms with Crippen molar-refractivity contribution in [2.75, 3.05) is 0 Å². The lowest BCUT2D eigenvalue weighted by atomic mass is 10.2. The summed E-state index contributed by atoms with van der Waals surface area (Å²) in [6.07, 6.45) is 0. The molecule has 0 spiro atoms. The van der Waals surface area contributed by atoms with Gasteiger partial charge in [0.05, 0.1) is 0 Å². The molecule has 0 aliphatic heterocycles. The first-order valence-corrected chi connectivity index (χ1v) is 9.11. The second-order valence-electron chi connectivity index (χ2n) is 4.69. The topological polar surface area (TPSA) is 87.9 Å². The molecule has 0 radical (unpaired) electrons. The first-order valence-electron chi connectivity index (χ1n) is 6.90. The summed E-state index contributed by atoms with van der Waals surface area (Å²) in [5.74, 6) is 0.686. The van der Waals surface area contributed by atoms with Crippen molar-refractivity contribution in [1.29, 1.82) is 5.41 Å². The highest BCUT2D eigenvalue weighted by atomic mass is 32.2. The quantitative estimate of drug-likeness (QED) is 0.358. The predicted molar refractivity (Wildman–Crippen MR) is 104 cm³/mol. The molecule has 0 heterocycles. The van der Waals surface area contributed by atoms with Crippen LogP contribution in [0.15, 0.2) is 58.3 Å². The molecule has 0 saturated carbocycles. The van der Waals surface area contributed by atoms with Crippen LogP contribution >= 0.6 is 35.7 Å². The molecule has 2 rings (SSSR count). The molecule has 0 unspecified atom stereocenters. The maximum Gasteiger partial charge on any atom is 0.163 e. The number of thiocarbonyl (C=S) groups is 1. The normalized spacial score (nSPS) is 10.3. The molecule has 0 atom stereocenters. The van der Waals surface area contributed by atoms with E-state index in [0.717, 1.165) is 20.9 Å². The minimum atomic E-state index is 0.130. The molecular weight excluding hydrogens is 344 g/mol. The highest BCUT2D eigenvalue weighted by molar-refractivity contribution is 8.13. The van der Waals surface area contributed by atoms with Crippen molar-refractivity contribution in [3.05, 3.63) is 59.7 Å². The molecule has 7 heteroatoms. The van der Waals surface area contributed by atoms with Crippen LogP contribution in [0.2, 0.25) is 0 Å². The number of hydrogen-bond acceptors (Lipinski definition) is 4. The van der Waals surface area contributed by atoms with E-state index in [2.05, 4.69) is 29.6 Å². The minimum Gasteiger partial charge on any atom is -0.379 e. The van der Waals surface area contributed by atoms with Gasteiger partial charge in [0.2, 0.25) is 0 Å². The van der Waals surface area contributed by atoms with Gasteiger partial charge in [0.15, 0.2) is 10.3 Å². The molecule has 4 nitrogen and oxygen atoms in total. The van der Waals surface area contributed by atoms with E-state index < -0.39 is 0 Å². The average Bonchev–Trinajstić information content (AvgIpc) is 2.53. The third-order valence-electron chi connectivity index (χ3n) is 3.00. The van der Waals surface area contributed by atoms with Gasteiger partial charge in [-0.1, -0.05) is 59.9 Å². The first kappa shape index (κ1) is 17.7. The highest BCUT2D eigenvalue weighted by Crippen LogP contribution is 2.34. The van der Waals surface area contributed by atoms with Crippen molar-refractivity contribution in [3.8, 4) is 0 Å². The van der Waals surface area contributed by atoms with Gasteiger partial charge in [-0.05, 0) is 35.5 Å². The number of hydrogen-bond donors (Lipinski definition) is 4. The second-order valence-corrected chi connectivity index (χ2v) is 7.23. The molecule has 0 saturated heterocycles. The van der Waals surface area contributed by atoms with Gasteiger partial charge < -0.3 is 16.8 Å². The number of benzene rings is 2. The predicted octanol–water partition coefficient (Wildman–Crippen LogP) is 3.30. The third kappa shape index (κ3) is 5.78. The fraction of sp³-hybridized carbons (Fsp3) is 0.125. The number of nitrogens with one attached hydrogen (secondary N) is 2. The van der Waals surface area contributed by atoms with Crippen molar-refractivity contribution < 1.29 is 0 Å². The number of rotatable bonds is 6. The van der Waals surface area contributed by atoms with Crippen LogP contribution in [0.1, 0.15) is 11.1 Å². The summed E-state index contributed by atoms with van der Waals surface area (Å²) in [6.45, 7) is 0.600. The maximum atomic E-state index is 7.37. The molecule has 0 fully saturated rings. The van der Waals surface area contributed by atoms with E-state index in [1.165, 1.54) is 11.8 Å². The van der Waals surface area contributed by atoms with E-state index in [4.69, 9.17) is 29.1 Å². The van der Waals surface area contributed by atoms with E-state index in [0.29, 0.717) is 17.4 Å². The third-order valence-corrected chi connectivity index (χ3v) is 5.15. The van der Waals surface area contributed by atoms with Crippen LogP contribution in [-0.4, -0.2) is 10.3 Å². The van der Waals surface area contributed by atoms with Crippen LogP contribution in [0, 0.1) is 5.41 Å². The Morgan fingerprint density at radius 3 is 2.17 bits per heavy atom. The largest absolute Gasteiger partial charge is 0.379 e. The zero-order valence-corrected chi connectivity index (χ0v) is 14.9. The van der Waals surface area contributed by atoms with Crippen molar-refractivity contribution in [1.82, 2.24) is 5.32 Å². The molecule has 23 heavy (non-hydrogen) atoms. The Kier molecular flexibility index (Phi) is 6.76. The molecular formula is C16H18N4S3. The maximum absolute atomic E-state index is 7.37. The van der Waals surface area contributed by atoms with Crippen molar-refractivity contribution in [2.45, 2.75) is 22.1 Å². The van der Waals surface area contributed by atoms with Crippen molar-refractivity contribution in [2.24, 2.45) is 11.5 Å². The molecule has 120 valence electrons. The van der Waals surface area contributed by atoms with Crippen LogP contribution < -0.4 is 16.8 Å². The summed E-state index contributed by atoms with van der Waals surface area (Å²) in [5, 5.41) is 10.8. The van der Waals surface area contributed by atoms with E-state index in [-0.39, 0.29) is 5.17 Å². The van der Waals surface area contributed by atoms with Gasteiger partial charge in [0, 0.05) is 22.1 Å². The van der Waals surface area contributed by atoms with Gasteiger partial charge in [-0.3, -0.25) is 5.41 Å². The summed E-state index contributed by atoms with van der Waals surface area (Å²) >= 11 is 7.90. The zero-order chi connectivity index (χ0) is 16.7. The van der Waals surface area contributed by atoms with Gasteiger partial charge in [-0.15, -0.1) is 0 Å². The second kappa shape index (κ2) is 8.81. The molecule has 0 bridgehead atoms. The Balaban J connectivity index is 2.19. The van der Waals surface area contributed by atoms with Crippen LogP contribution in [0.25, 0.3) is 0 Å². The van der Waals surface area contributed by atoms with E-state index in [9.17, 15) is 0 Å². The fourth-order valence-electron chi connectivity index (χ4n) is 1.93. The van der Waals surface area contributed by atoms with Crippen LogP contribution in [0.3, 0.4) is 0 Å². The smallest absolute Gasteiger partial charge is 0.163 e. The summed E-state index contributed by atoms with van der Waals surface area (Å²) in [6, 6.07) is 16.3. The van der Waals surface area contributed by atoms with Crippen molar-refractivity contribution >= 4 is 46.0 Å². The SMILES string of the molecule is N=C(N)SCc1ccccc1Sc1ccccc1CNC(N)=S. The lowest BCUT2D eigenvalue weighted by molar-refractivity contribution is 0.897. The summed E-state index contributed by atoms with van der Waals surface area (Å²) in [5.41, 5.74) is 13.3. The Labute approximate surface area is 149 Å². The van der Waals surface area contributed by atoms with Crippen LogP contribution in [0.5, 0.6) is 0 Å². The molecule has 0 amide bonds. The number of nitrogens with two attached hydrogens (primary N) is 2. The van der Waals surface area contributed by atoms with Crippen LogP contribution in [-0.2, 0) is 12.3 Å². The molecule has 6 N–H and O–H groups in total. The summed E-state index contributed by atoms with van der Waals surface area (Å²) in [4.78, 5) is 2.31. The van der Waals surface area contributed by atoms with Gasteiger partial charge in [0.25, 0.3) is 0 Å². The molecule has 2 aromatic carbocycles. The Morgan fingerprint density at radius 2 is 1.57 bits per heavy atom. The van der Waals surface area contributed by atoms with E-state index in [1.807, 2.05) is 24.3 Å². The van der Waals surface area contributed by atoms with Crippen LogP contribution in [0.4, 0.5) is 0 Å². The lowest BCUT2D eigenvalue weighted by Crippen LogP contribution is -2.28. The standard InChI is InChI=1S/C16H18N4S3/c17-15(18)22-10-12-6-2-4-8-14(12)23-13-7-3-1-5-11(13)9-20-16(19)21/h1-8H,9-10H2,(H3,17,18)(H3,19,20,21). The minimum absolute atomic E-state index is 0.130. The highest BCUT2D eigenvalue weighted by Gasteiger charge is 2.08. The Morgan fingerprint density at radius 1 is 1.00 bits per heavy atom. The Hall–Kier alpha value is -1.70. The fourth-order valence-corrected chi connectivity index (χ4v) is 3.73. The van der Waals surface area contributed by atoms with E-state index >= 15 is 0 Å². The van der Waals surface area contributed by atoms with Gasteiger partial charge in [-0.2, -0.15) is 0 Å². The van der Waals surface area contributed by atoms with Gasteiger partial charge >= 0.3 is 0 Å². The monoisotopic (exact) mass is 362 g/mol. The number of thioether (sulfide) groups is 1. The first-order chi connectivity index (χ1) is 11.1. The molecule has 2 aromatic rings. The number of amidine groups is 1. The van der Waals surface area contributed by atoms with E-state index in [1.54, 1.807) is 11.8 Å². The van der Waals surface area contributed by atoms with Gasteiger partial charge in [0.1, 0.15) is 0 Å². The Bertz CT molecular complexity index is 644. The summed E-state index contributed by atoms with van der Waals surface area (Å²) in [7, 11) is 0. The van der Waals surface area contributed by atoms with Gasteiger partial charge in [-0.25, -0.2) is 0 Å². The summed E-state index contributed by atoms with van der Waals surface area (Å²) < 4.78 is 0. The molecule has 0 aromatic heterocycles. The molecule has 0 aliphatic carbocycles. The zero-order valence-electron chi connectivity index (χ0n) is 12.4.